The van der Waals surface area contributed by atoms with Gasteiger partial charge in [0.15, 0.2) is 5.69 Å². The Morgan fingerprint density at radius 3 is 2.72 bits per heavy atom. The highest BCUT2D eigenvalue weighted by Gasteiger charge is 2.39. The minimum Gasteiger partial charge on any atom is -0.496 e. The van der Waals surface area contributed by atoms with Gasteiger partial charge in [0.25, 0.3) is 11.9 Å². The first-order chi connectivity index (χ1) is 15.4. The van der Waals surface area contributed by atoms with Crippen LogP contribution in [0.25, 0.3) is 17.2 Å². The topological polar surface area (TPSA) is 82.4 Å². The molecule has 9 heteroatoms. The lowest BCUT2D eigenvalue weighted by Gasteiger charge is -2.41. The summed E-state index contributed by atoms with van der Waals surface area (Å²) >= 11 is 3.61. The van der Waals surface area contributed by atoms with Crippen LogP contribution in [0, 0.1) is 0 Å². The molecule has 166 valence electrons. The number of halogens is 1. The standard InChI is InChI=1S/C23H24BrN5O3/c1-23(2)13-32-10-9-28(23)21(30)19-15-6-5-14-11-18(31-3)17(24)12-16(14)20(15)29(27-19)22-25-7-4-8-26-22/h4,7-8,11-12H,5-6,9-10,13H2,1-3H3. The molecule has 1 fully saturated rings. The Bertz CT molecular complexity index is 1190. The van der Waals surface area contributed by atoms with Crippen molar-refractivity contribution in [1.29, 1.82) is 0 Å². The van der Waals surface area contributed by atoms with Gasteiger partial charge in [-0.1, -0.05) is 0 Å². The molecule has 0 spiro atoms. The fourth-order valence-electron chi connectivity index (χ4n) is 4.48. The number of morpholine rings is 1. The maximum Gasteiger partial charge on any atom is 0.275 e. The maximum absolute atomic E-state index is 13.7. The quantitative estimate of drug-likeness (QED) is 0.551. The van der Waals surface area contributed by atoms with Crippen LogP contribution in [-0.2, 0) is 17.6 Å². The number of hydrogen-bond donors (Lipinski definition) is 0. The van der Waals surface area contributed by atoms with E-state index in [1.165, 1.54) is 0 Å². The maximum atomic E-state index is 13.7. The van der Waals surface area contributed by atoms with E-state index >= 15 is 0 Å². The molecule has 5 rings (SSSR count). The third-order valence-corrected chi connectivity index (χ3v) is 6.71. The molecule has 3 heterocycles. The van der Waals surface area contributed by atoms with E-state index < -0.39 is 5.54 Å². The fourth-order valence-corrected chi connectivity index (χ4v) is 4.99. The van der Waals surface area contributed by atoms with Crippen LogP contribution in [0.2, 0.25) is 0 Å². The number of benzene rings is 1. The predicted octanol–water partition coefficient (Wildman–Crippen LogP) is 3.45. The average Bonchev–Trinajstić information content (AvgIpc) is 3.19. The number of carbonyl (C=O) groups excluding carboxylic acids is 1. The van der Waals surface area contributed by atoms with Crippen molar-refractivity contribution in [3.63, 3.8) is 0 Å². The van der Waals surface area contributed by atoms with E-state index in [4.69, 9.17) is 14.6 Å². The third kappa shape index (κ3) is 3.40. The number of hydrogen-bond acceptors (Lipinski definition) is 6. The van der Waals surface area contributed by atoms with E-state index in [1.54, 1.807) is 30.3 Å². The van der Waals surface area contributed by atoms with Crippen LogP contribution in [-0.4, -0.2) is 63.0 Å². The van der Waals surface area contributed by atoms with Crippen molar-refractivity contribution in [3.8, 4) is 23.0 Å². The van der Waals surface area contributed by atoms with E-state index in [2.05, 4.69) is 25.9 Å². The minimum absolute atomic E-state index is 0.0831. The second kappa shape index (κ2) is 7.97. The van der Waals surface area contributed by atoms with E-state index in [0.29, 0.717) is 37.8 Å². The van der Waals surface area contributed by atoms with Crippen LogP contribution in [0.5, 0.6) is 5.75 Å². The summed E-state index contributed by atoms with van der Waals surface area (Å²) in [7, 11) is 1.66. The Kier molecular flexibility index (Phi) is 5.25. The first-order valence-electron chi connectivity index (χ1n) is 10.6. The summed E-state index contributed by atoms with van der Waals surface area (Å²) in [6, 6.07) is 5.83. The normalized spacial score (nSPS) is 16.9. The second-order valence-electron chi connectivity index (χ2n) is 8.60. The molecule has 0 radical (unpaired) electrons. The average molecular weight is 498 g/mol. The van der Waals surface area contributed by atoms with Gasteiger partial charge < -0.3 is 14.4 Å². The minimum atomic E-state index is -0.405. The molecule has 1 aliphatic carbocycles. The second-order valence-corrected chi connectivity index (χ2v) is 9.46. The van der Waals surface area contributed by atoms with Gasteiger partial charge in [-0.25, -0.2) is 9.97 Å². The Balaban J connectivity index is 1.70. The lowest BCUT2D eigenvalue weighted by atomic mass is 9.88. The molecule has 32 heavy (non-hydrogen) atoms. The number of aryl methyl sites for hydroxylation is 1. The summed E-state index contributed by atoms with van der Waals surface area (Å²) in [5.74, 6) is 1.13. The SMILES string of the molecule is COc1cc2c(cc1Br)-c1c(c(C(=O)N3CCOCC3(C)C)nn1-c1ncccn1)CC2. The van der Waals surface area contributed by atoms with Gasteiger partial charge in [0.1, 0.15) is 5.75 Å². The van der Waals surface area contributed by atoms with Gasteiger partial charge in [0, 0.05) is 30.1 Å². The highest BCUT2D eigenvalue weighted by atomic mass is 79.9. The Hall–Kier alpha value is -2.78. The number of aromatic nitrogens is 4. The van der Waals surface area contributed by atoms with E-state index in [9.17, 15) is 4.79 Å². The zero-order valence-electron chi connectivity index (χ0n) is 18.3. The number of rotatable bonds is 3. The summed E-state index contributed by atoms with van der Waals surface area (Å²) in [5.41, 5.74) is 3.97. The fraction of sp³-hybridized carbons (Fsp3) is 0.391. The first kappa shape index (κ1) is 21.1. The molecule has 1 aromatic carbocycles. The number of amides is 1. The molecule has 1 amide bonds. The number of ether oxygens (including phenoxy) is 2. The van der Waals surface area contributed by atoms with Gasteiger partial charge in [0.2, 0.25) is 0 Å². The van der Waals surface area contributed by atoms with Crippen molar-refractivity contribution in [3.05, 3.63) is 51.9 Å². The van der Waals surface area contributed by atoms with Gasteiger partial charge in [-0.05, 0) is 66.4 Å². The van der Waals surface area contributed by atoms with E-state index in [1.807, 2.05) is 30.9 Å². The third-order valence-electron chi connectivity index (χ3n) is 6.10. The zero-order valence-corrected chi connectivity index (χ0v) is 19.8. The van der Waals surface area contributed by atoms with Crippen LogP contribution >= 0.6 is 15.9 Å². The van der Waals surface area contributed by atoms with Crippen molar-refractivity contribution < 1.29 is 14.3 Å². The molecule has 0 atom stereocenters. The van der Waals surface area contributed by atoms with Crippen LogP contribution < -0.4 is 4.74 Å². The molecular weight excluding hydrogens is 474 g/mol. The molecule has 0 bridgehead atoms. The van der Waals surface area contributed by atoms with Crippen molar-refractivity contribution in [2.75, 3.05) is 26.9 Å². The van der Waals surface area contributed by atoms with Crippen LogP contribution in [0.15, 0.2) is 35.1 Å². The Morgan fingerprint density at radius 1 is 1.22 bits per heavy atom. The van der Waals surface area contributed by atoms with Crippen LogP contribution in [0.3, 0.4) is 0 Å². The number of methoxy groups -OCH3 is 1. The molecule has 0 unspecified atom stereocenters. The number of nitrogens with zero attached hydrogens (tertiary/aromatic N) is 5. The summed E-state index contributed by atoms with van der Waals surface area (Å²) in [4.78, 5) is 24.4. The molecule has 1 saturated heterocycles. The number of carbonyl (C=O) groups is 1. The van der Waals surface area contributed by atoms with Crippen molar-refractivity contribution in [1.82, 2.24) is 24.6 Å². The van der Waals surface area contributed by atoms with Gasteiger partial charge in [-0.15, -0.1) is 0 Å². The molecule has 8 nitrogen and oxygen atoms in total. The zero-order chi connectivity index (χ0) is 22.5. The van der Waals surface area contributed by atoms with Crippen LogP contribution in [0.1, 0.15) is 35.5 Å². The predicted molar refractivity (Wildman–Crippen MR) is 122 cm³/mol. The highest BCUT2D eigenvalue weighted by molar-refractivity contribution is 9.10. The lowest BCUT2D eigenvalue weighted by molar-refractivity contribution is -0.0373. The van der Waals surface area contributed by atoms with E-state index in [-0.39, 0.29) is 5.91 Å². The van der Waals surface area contributed by atoms with Gasteiger partial charge in [-0.3, -0.25) is 4.79 Å². The monoisotopic (exact) mass is 497 g/mol. The molecule has 2 aliphatic rings. The molecule has 0 saturated carbocycles. The molecule has 3 aromatic rings. The summed E-state index contributed by atoms with van der Waals surface area (Å²) in [6.45, 7) is 5.60. The first-order valence-corrected chi connectivity index (χ1v) is 11.4. The highest BCUT2D eigenvalue weighted by Crippen LogP contribution is 2.41. The van der Waals surface area contributed by atoms with Crippen LogP contribution in [0.4, 0.5) is 0 Å². The summed E-state index contributed by atoms with van der Waals surface area (Å²) in [6.07, 6.45) is 4.85. The summed E-state index contributed by atoms with van der Waals surface area (Å²) in [5, 5.41) is 4.79. The van der Waals surface area contributed by atoms with Gasteiger partial charge >= 0.3 is 0 Å². The molecule has 2 aromatic heterocycles. The van der Waals surface area contributed by atoms with Crippen molar-refractivity contribution in [2.45, 2.75) is 32.2 Å². The van der Waals surface area contributed by atoms with Gasteiger partial charge in [-0.2, -0.15) is 9.78 Å². The summed E-state index contributed by atoms with van der Waals surface area (Å²) < 4.78 is 13.7. The van der Waals surface area contributed by atoms with Gasteiger partial charge in [0.05, 0.1) is 36.0 Å². The van der Waals surface area contributed by atoms with Crippen molar-refractivity contribution in [2.24, 2.45) is 0 Å². The Morgan fingerprint density at radius 2 is 2.00 bits per heavy atom. The lowest BCUT2D eigenvalue weighted by Crippen LogP contribution is -2.55. The Labute approximate surface area is 194 Å². The largest absolute Gasteiger partial charge is 0.496 e. The molecule has 1 aliphatic heterocycles. The number of fused-ring (bicyclic) bond motifs is 3. The molecular formula is C23H24BrN5O3. The van der Waals surface area contributed by atoms with E-state index in [0.717, 1.165) is 39.0 Å². The molecule has 0 N–H and O–H groups in total. The van der Waals surface area contributed by atoms with Crippen molar-refractivity contribution >= 4 is 21.8 Å². The smallest absolute Gasteiger partial charge is 0.275 e.